The summed E-state index contributed by atoms with van der Waals surface area (Å²) in [6.45, 7) is 0.958. The average Bonchev–Trinajstić information content (AvgIpc) is 2.83. The summed E-state index contributed by atoms with van der Waals surface area (Å²) in [5.74, 6) is 0.764. The molecule has 34 heavy (non-hydrogen) atoms. The number of benzene rings is 2. The van der Waals surface area contributed by atoms with Gasteiger partial charge in [-0.15, -0.1) is 0 Å². The van der Waals surface area contributed by atoms with Crippen LogP contribution in [0, 0.1) is 20.2 Å². The van der Waals surface area contributed by atoms with Crippen LogP contribution in [0.3, 0.4) is 0 Å². The molecule has 0 atom stereocenters. The highest BCUT2D eigenvalue weighted by molar-refractivity contribution is 5.80. The molecule has 0 radical (unpaired) electrons. The van der Waals surface area contributed by atoms with Gasteiger partial charge in [-0.05, 0) is 48.7 Å². The molecule has 0 amide bonds. The summed E-state index contributed by atoms with van der Waals surface area (Å²) < 4.78 is 5.77. The maximum Gasteiger partial charge on any atom is 0.301 e. The minimum Gasteiger partial charge on any atom is -0.494 e. The van der Waals surface area contributed by atoms with E-state index in [1.165, 1.54) is 50.5 Å². The number of hydrogen-bond acceptors (Lipinski definition) is 8. The maximum atomic E-state index is 11.2. The van der Waals surface area contributed by atoms with Gasteiger partial charge in [-0.2, -0.15) is 5.10 Å². The molecule has 184 valence electrons. The smallest absolute Gasteiger partial charge is 0.301 e. The molecule has 0 aromatic heterocycles. The van der Waals surface area contributed by atoms with E-state index in [9.17, 15) is 20.2 Å². The molecule has 0 unspecified atom stereocenters. The summed E-state index contributed by atoms with van der Waals surface area (Å²) >= 11 is 0. The molecule has 0 heterocycles. The molecule has 0 saturated heterocycles. The van der Waals surface area contributed by atoms with Gasteiger partial charge in [0.25, 0.3) is 5.69 Å². The predicted molar refractivity (Wildman–Crippen MR) is 132 cm³/mol. The van der Waals surface area contributed by atoms with Crippen molar-refractivity contribution < 1.29 is 19.7 Å². The van der Waals surface area contributed by atoms with Gasteiger partial charge in [-0.1, -0.05) is 44.9 Å². The highest BCUT2D eigenvalue weighted by atomic mass is 16.6. The van der Waals surface area contributed by atoms with Crippen LogP contribution in [0.15, 0.2) is 47.6 Å². The Morgan fingerprint density at radius 3 is 2.06 bits per heavy atom. The minimum atomic E-state index is -0.696. The van der Waals surface area contributed by atoms with Crippen LogP contribution in [0.2, 0.25) is 0 Å². The number of non-ortho nitro benzene ring substituents is 1. The average molecular weight is 473 g/mol. The van der Waals surface area contributed by atoms with E-state index in [-0.39, 0.29) is 11.4 Å². The van der Waals surface area contributed by atoms with Crippen molar-refractivity contribution >= 4 is 23.3 Å². The summed E-state index contributed by atoms with van der Waals surface area (Å²) in [5.41, 5.74) is 2.61. The van der Waals surface area contributed by atoms with Gasteiger partial charge in [0, 0.05) is 12.7 Å². The number of unbranched alkanes of at least 4 members (excludes halogenated alkanes) is 8. The molecule has 0 aliphatic rings. The van der Waals surface area contributed by atoms with Crippen LogP contribution in [0.4, 0.5) is 17.1 Å². The second kappa shape index (κ2) is 15.3. The van der Waals surface area contributed by atoms with Gasteiger partial charge in [0.1, 0.15) is 11.4 Å². The standard InChI is InChI=1S/C24H32N4O6/c29-16-8-6-4-2-1-3-5-7-9-17-34-22-13-10-20(11-14-22)19-25-26-23-15-12-21(27(30)31)18-24(23)28(32)33/h10-15,18-19,26,29H,1-9,16-17H2. The summed E-state index contributed by atoms with van der Waals surface area (Å²) in [6.07, 6.45) is 11.8. The van der Waals surface area contributed by atoms with Crippen LogP contribution in [0.25, 0.3) is 0 Å². The van der Waals surface area contributed by atoms with Gasteiger partial charge in [0.05, 0.1) is 28.7 Å². The number of nitro groups is 2. The van der Waals surface area contributed by atoms with E-state index in [1.807, 2.05) is 24.3 Å². The molecule has 0 bridgehead atoms. The molecular weight excluding hydrogens is 440 g/mol. The lowest BCUT2D eigenvalue weighted by Gasteiger charge is -2.06. The van der Waals surface area contributed by atoms with Gasteiger partial charge in [0.2, 0.25) is 0 Å². The third kappa shape index (κ3) is 9.95. The molecular formula is C24H32N4O6. The van der Waals surface area contributed by atoms with E-state index in [2.05, 4.69) is 10.5 Å². The van der Waals surface area contributed by atoms with Crippen molar-refractivity contribution in [2.24, 2.45) is 5.10 Å². The van der Waals surface area contributed by atoms with Crippen molar-refractivity contribution in [2.75, 3.05) is 18.6 Å². The third-order valence-corrected chi connectivity index (χ3v) is 5.24. The third-order valence-electron chi connectivity index (χ3n) is 5.24. The van der Waals surface area contributed by atoms with Gasteiger partial charge in [-0.25, -0.2) is 0 Å². The molecule has 2 rings (SSSR count). The fourth-order valence-corrected chi connectivity index (χ4v) is 3.35. The number of hydrazone groups is 1. The molecule has 2 aromatic carbocycles. The van der Waals surface area contributed by atoms with Gasteiger partial charge in [-0.3, -0.25) is 25.7 Å². The number of hydrogen-bond donors (Lipinski definition) is 2. The Hall–Kier alpha value is -3.53. The number of aliphatic hydroxyl groups excluding tert-OH is 1. The van der Waals surface area contributed by atoms with Crippen LogP contribution in [0.5, 0.6) is 5.75 Å². The summed E-state index contributed by atoms with van der Waals surface area (Å²) in [7, 11) is 0. The number of ether oxygens (including phenoxy) is 1. The first-order chi connectivity index (χ1) is 16.5. The predicted octanol–water partition coefficient (Wildman–Crippen LogP) is 5.83. The Bertz CT molecular complexity index is 934. The van der Waals surface area contributed by atoms with Crippen molar-refractivity contribution in [2.45, 2.75) is 57.8 Å². The first kappa shape index (κ1) is 26.7. The van der Waals surface area contributed by atoms with Crippen LogP contribution >= 0.6 is 0 Å². The Kier molecular flexibility index (Phi) is 12.0. The zero-order valence-electron chi connectivity index (χ0n) is 19.2. The number of rotatable bonds is 17. The first-order valence-electron chi connectivity index (χ1n) is 11.6. The first-order valence-corrected chi connectivity index (χ1v) is 11.6. The molecule has 0 spiro atoms. The fourth-order valence-electron chi connectivity index (χ4n) is 3.35. The van der Waals surface area contributed by atoms with Crippen molar-refractivity contribution in [1.29, 1.82) is 0 Å². The van der Waals surface area contributed by atoms with Crippen molar-refractivity contribution in [3.63, 3.8) is 0 Å². The zero-order valence-corrected chi connectivity index (χ0v) is 19.2. The van der Waals surface area contributed by atoms with Crippen LogP contribution in [-0.4, -0.2) is 34.4 Å². The number of nitrogens with one attached hydrogen (secondary N) is 1. The normalized spacial score (nSPS) is 11.0. The summed E-state index contributed by atoms with van der Waals surface area (Å²) in [5, 5.41) is 34.7. The number of aliphatic hydroxyl groups is 1. The van der Waals surface area contributed by atoms with Crippen molar-refractivity contribution in [3.8, 4) is 5.75 Å². The van der Waals surface area contributed by atoms with Crippen LogP contribution < -0.4 is 10.2 Å². The Balaban J connectivity index is 1.68. The van der Waals surface area contributed by atoms with Crippen molar-refractivity contribution in [1.82, 2.24) is 0 Å². The molecule has 0 aliphatic heterocycles. The lowest BCUT2D eigenvalue weighted by molar-refractivity contribution is -0.393. The van der Waals surface area contributed by atoms with Gasteiger partial charge < -0.3 is 9.84 Å². The fraction of sp³-hybridized carbons (Fsp3) is 0.458. The minimum absolute atomic E-state index is 0.0634. The highest BCUT2D eigenvalue weighted by Crippen LogP contribution is 2.28. The monoisotopic (exact) mass is 472 g/mol. The summed E-state index contributed by atoms with van der Waals surface area (Å²) in [4.78, 5) is 20.6. The quantitative estimate of drug-likeness (QED) is 0.128. The van der Waals surface area contributed by atoms with E-state index in [4.69, 9.17) is 9.84 Å². The largest absolute Gasteiger partial charge is 0.494 e. The van der Waals surface area contributed by atoms with Gasteiger partial charge >= 0.3 is 5.69 Å². The van der Waals surface area contributed by atoms with E-state index in [0.717, 1.165) is 43.1 Å². The maximum absolute atomic E-state index is 11.2. The summed E-state index contributed by atoms with van der Waals surface area (Å²) in [6, 6.07) is 10.6. The molecule has 10 nitrogen and oxygen atoms in total. The second-order valence-corrected chi connectivity index (χ2v) is 7.91. The topological polar surface area (TPSA) is 140 Å². The molecule has 0 aliphatic carbocycles. The Morgan fingerprint density at radius 1 is 0.853 bits per heavy atom. The van der Waals surface area contributed by atoms with E-state index in [1.54, 1.807) is 0 Å². The highest BCUT2D eigenvalue weighted by Gasteiger charge is 2.19. The number of nitro benzene ring substituents is 2. The molecule has 0 saturated carbocycles. The van der Waals surface area contributed by atoms with E-state index in [0.29, 0.717) is 13.2 Å². The second-order valence-electron chi connectivity index (χ2n) is 7.91. The Morgan fingerprint density at radius 2 is 1.47 bits per heavy atom. The molecule has 2 aromatic rings. The zero-order chi connectivity index (χ0) is 24.6. The van der Waals surface area contributed by atoms with E-state index < -0.39 is 15.5 Å². The Labute approximate surface area is 198 Å². The van der Waals surface area contributed by atoms with Crippen LogP contribution in [0.1, 0.15) is 63.4 Å². The molecule has 10 heteroatoms. The number of anilines is 1. The van der Waals surface area contributed by atoms with E-state index >= 15 is 0 Å². The lowest BCUT2D eigenvalue weighted by atomic mass is 10.1. The number of nitrogens with zero attached hydrogens (tertiary/aromatic N) is 3. The SMILES string of the molecule is O=[N+]([O-])c1ccc(NN=Cc2ccc(OCCCCCCCCCCCO)cc2)c([N+](=O)[O-])c1. The molecule has 0 fully saturated rings. The van der Waals surface area contributed by atoms with Crippen molar-refractivity contribution in [3.05, 3.63) is 68.3 Å². The van der Waals surface area contributed by atoms with Gasteiger partial charge in [0.15, 0.2) is 0 Å². The van der Waals surface area contributed by atoms with Crippen LogP contribution in [-0.2, 0) is 0 Å². The molecule has 2 N–H and O–H groups in total. The lowest BCUT2D eigenvalue weighted by Crippen LogP contribution is -1.99.